The molecule has 0 spiro atoms. The molecule has 0 aliphatic carbocycles. The predicted molar refractivity (Wildman–Crippen MR) is 222 cm³/mol. The SMILES string of the molecule is C.C.Cc1c(C(C)(C)C)cccc1C(C)(C)C.Cc1ccc(C(C)(C)C)cc1C(C)(C)C.Cc1ccc(C)cc1.Cc1cccc(C)c1. The third-order valence-corrected chi connectivity index (χ3v) is 8.25. The summed E-state index contributed by atoms with van der Waals surface area (Å²) in [5.74, 6) is 0. The van der Waals surface area contributed by atoms with E-state index in [0.29, 0.717) is 0 Å². The van der Waals surface area contributed by atoms with Crippen LogP contribution in [0.4, 0.5) is 0 Å². The molecule has 0 fully saturated rings. The molecule has 0 aromatic heterocycles. The second-order valence-corrected chi connectivity index (χ2v) is 17.3. The minimum atomic E-state index is 0. The maximum atomic E-state index is 2.37. The van der Waals surface area contributed by atoms with Crippen molar-refractivity contribution in [1.29, 1.82) is 0 Å². The fourth-order valence-corrected chi connectivity index (χ4v) is 5.60. The lowest BCUT2D eigenvalue weighted by molar-refractivity contribution is 0.561. The van der Waals surface area contributed by atoms with Crippen molar-refractivity contribution < 1.29 is 0 Å². The highest BCUT2D eigenvalue weighted by Gasteiger charge is 2.23. The van der Waals surface area contributed by atoms with Gasteiger partial charge < -0.3 is 0 Å². The molecule has 4 aromatic carbocycles. The van der Waals surface area contributed by atoms with Gasteiger partial charge in [0, 0.05) is 0 Å². The van der Waals surface area contributed by atoms with Gasteiger partial charge in [-0.2, -0.15) is 0 Å². The number of aryl methyl sites for hydroxylation is 5. The monoisotopic (exact) mass is 653 g/mol. The van der Waals surface area contributed by atoms with E-state index in [2.05, 4.69) is 210 Å². The summed E-state index contributed by atoms with van der Waals surface area (Å²) in [6.07, 6.45) is 0. The zero-order valence-corrected chi connectivity index (χ0v) is 33.1. The van der Waals surface area contributed by atoms with E-state index in [-0.39, 0.29) is 36.5 Å². The molecule has 0 unspecified atom stereocenters. The lowest BCUT2D eigenvalue weighted by atomic mass is 9.77. The van der Waals surface area contributed by atoms with Crippen LogP contribution in [0.2, 0.25) is 0 Å². The van der Waals surface area contributed by atoms with Crippen molar-refractivity contribution in [2.75, 3.05) is 0 Å². The summed E-state index contributed by atoms with van der Waals surface area (Å²) in [7, 11) is 0. The normalized spacial score (nSPS) is 11.2. The highest BCUT2D eigenvalue weighted by molar-refractivity contribution is 5.41. The zero-order chi connectivity index (χ0) is 35.7. The Hall–Kier alpha value is -3.12. The maximum absolute atomic E-state index is 2.37. The van der Waals surface area contributed by atoms with Crippen LogP contribution in [0.1, 0.15) is 154 Å². The van der Waals surface area contributed by atoms with Crippen molar-refractivity contribution in [2.45, 2.75) is 161 Å². The van der Waals surface area contributed by atoms with Crippen molar-refractivity contribution in [3.8, 4) is 0 Å². The van der Waals surface area contributed by atoms with Crippen molar-refractivity contribution in [1.82, 2.24) is 0 Å². The first kappa shape index (κ1) is 47.0. The third-order valence-electron chi connectivity index (χ3n) is 8.25. The topological polar surface area (TPSA) is 0 Å². The van der Waals surface area contributed by atoms with Gasteiger partial charge in [-0.05, 0) is 96.6 Å². The van der Waals surface area contributed by atoms with Gasteiger partial charge in [0.25, 0.3) is 0 Å². The largest absolute Gasteiger partial charge is 0.0776 e. The standard InChI is InChI=1S/2C15H24.2C8H10.2CH4/c1-11-8-9-12(14(2,3)4)10-13(11)15(5,6)7;1-11-12(14(2,3)4)9-8-10-13(11)15(5,6)7;1-7-3-5-8(2)6-4-7;1-7-4-3-5-8(2)6-7;;/h2*8-10H,1-7H3;2*3-6H,1-2H3;2*1H4. The highest BCUT2D eigenvalue weighted by Crippen LogP contribution is 2.33. The van der Waals surface area contributed by atoms with Crippen molar-refractivity contribution in [3.05, 3.63) is 141 Å². The Balaban J connectivity index is 0. The Bertz CT molecular complexity index is 1400. The van der Waals surface area contributed by atoms with Gasteiger partial charge in [-0.3, -0.25) is 0 Å². The smallest absolute Gasteiger partial charge is 0.0129 e. The van der Waals surface area contributed by atoms with E-state index in [1.54, 1.807) is 0 Å². The molecule has 0 bridgehead atoms. The molecule has 0 saturated carbocycles. The minimum Gasteiger partial charge on any atom is -0.0776 e. The molecule has 268 valence electrons. The lowest BCUT2D eigenvalue weighted by Crippen LogP contribution is -2.19. The summed E-state index contributed by atoms with van der Waals surface area (Å²) in [6.45, 7) is 40.2. The first-order valence-electron chi connectivity index (χ1n) is 17.1. The molecule has 0 radical (unpaired) electrons. The molecule has 0 heteroatoms. The molecule has 4 aromatic rings. The van der Waals surface area contributed by atoms with Gasteiger partial charge in [0.05, 0.1) is 0 Å². The Labute approximate surface area is 300 Å². The van der Waals surface area contributed by atoms with Crippen LogP contribution in [0.3, 0.4) is 0 Å². The van der Waals surface area contributed by atoms with Crippen molar-refractivity contribution in [2.24, 2.45) is 0 Å². The minimum absolute atomic E-state index is 0. The predicted octanol–water partition coefficient (Wildman–Crippen LogP) is 15.1. The number of hydrogen-bond acceptors (Lipinski definition) is 0. The van der Waals surface area contributed by atoms with Crippen LogP contribution >= 0.6 is 0 Å². The quantitative estimate of drug-likeness (QED) is 0.177. The van der Waals surface area contributed by atoms with Crippen LogP contribution < -0.4 is 0 Å². The fourth-order valence-electron chi connectivity index (χ4n) is 5.60. The summed E-state index contributed by atoms with van der Waals surface area (Å²) in [4.78, 5) is 0. The van der Waals surface area contributed by atoms with Crippen LogP contribution in [0.25, 0.3) is 0 Å². The van der Waals surface area contributed by atoms with E-state index in [1.165, 1.54) is 55.6 Å². The van der Waals surface area contributed by atoms with Crippen molar-refractivity contribution >= 4 is 0 Å². The second kappa shape index (κ2) is 19.2. The van der Waals surface area contributed by atoms with E-state index in [0.717, 1.165) is 0 Å². The van der Waals surface area contributed by atoms with Gasteiger partial charge in [0.2, 0.25) is 0 Å². The van der Waals surface area contributed by atoms with E-state index in [9.17, 15) is 0 Å². The molecular formula is C48H76. The first-order valence-corrected chi connectivity index (χ1v) is 17.1. The van der Waals surface area contributed by atoms with E-state index in [1.807, 2.05) is 0 Å². The van der Waals surface area contributed by atoms with E-state index in [4.69, 9.17) is 0 Å². The van der Waals surface area contributed by atoms with E-state index < -0.39 is 0 Å². The number of benzene rings is 4. The molecule has 0 atom stereocenters. The van der Waals surface area contributed by atoms with Crippen LogP contribution in [0, 0.1) is 41.5 Å². The molecular weight excluding hydrogens is 577 g/mol. The zero-order valence-electron chi connectivity index (χ0n) is 33.1. The van der Waals surface area contributed by atoms with Gasteiger partial charge in [0.15, 0.2) is 0 Å². The Morgan fingerprint density at radius 2 is 0.688 bits per heavy atom. The molecule has 48 heavy (non-hydrogen) atoms. The molecule has 0 N–H and O–H groups in total. The lowest BCUT2D eigenvalue weighted by Gasteiger charge is -2.28. The highest BCUT2D eigenvalue weighted by atomic mass is 14.3. The van der Waals surface area contributed by atoms with Crippen LogP contribution in [-0.4, -0.2) is 0 Å². The molecule has 0 aliphatic heterocycles. The van der Waals surface area contributed by atoms with E-state index >= 15 is 0 Å². The molecule has 0 nitrogen and oxygen atoms in total. The Morgan fingerprint density at radius 1 is 0.333 bits per heavy atom. The number of rotatable bonds is 0. The van der Waals surface area contributed by atoms with Gasteiger partial charge in [0.1, 0.15) is 0 Å². The molecule has 0 saturated heterocycles. The fraction of sp³-hybridized carbons (Fsp3) is 0.500. The summed E-state index contributed by atoms with van der Waals surface area (Å²) >= 11 is 0. The van der Waals surface area contributed by atoms with Gasteiger partial charge in [-0.25, -0.2) is 0 Å². The number of hydrogen-bond donors (Lipinski definition) is 0. The average molecular weight is 653 g/mol. The summed E-state index contributed by atoms with van der Waals surface area (Å²) in [5, 5.41) is 0. The summed E-state index contributed by atoms with van der Waals surface area (Å²) < 4.78 is 0. The summed E-state index contributed by atoms with van der Waals surface area (Å²) in [6, 6.07) is 30.5. The molecule has 4 rings (SSSR count). The Kier molecular flexibility index (Phi) is 18.8. The van der Waals surface area contributed by atoms with Crippen LogP contribution in [-0.2, 0) is 21.7 Å². The maximum Gasteiger partial charge on any atom is -0.0129 e. The van der Waals surface area contributed by atoms with Gasteiger partial charge in [-0.1, -0.05) is 205 Å². The average Bonchev–Trinajstić information content (AvgIpc) is 2.89. The van der Waals surface area contributed by atoms with Gasteiger partial charge in [-0.15, -0.1) is 0 Å². The second-order valence-electron chi connectivity index (χ2n) is 17.3. The van der Waals surface area contributed by atoms with Crippen LogP contribution in [0.5, 0.6) is 0 Å². The van der Waals surface area contributed by atoms with Crippen LogP contribution in [0.15, 0.2) is 84.9 Å². The first-order chi connectivity index (χ1) is 20.8. The molecule has 0 aliphatic rings. The summed E-state index contributed by atoms with van der Waals surface area (Å²) in [5.41, 5.74) is 15.0. The molecule has 0 heterocycles. The Morgan fingerprint density at radius 3 is 0.979 bits per heavy atom. The van der Waals surface area contributed by atoms with Gasteiger partial charge >= 0.3 is 0 Å². The molecule has 0 amide bonds. The third kappa shape index (κ3) is 16.3. The van der Waals surface area contributed by atoms with Crippen molar-refractivity contribution in [3.63, 3.8) is 0 Å².